The molecule has 9 nitrogen and oxygen atoms in total. The SMILES string of the molecule is CCCCCCCCCCCCCCCCCCCCCCCCCCCCCCCCCCC(=O)OC(COC(=O)CCCCCCCCCCCCCCC)COC(OCC[N+](C)(C)C)C(=O)[O-]. The van der Waals surface area contributed by atoms with Crippen molar-refractivity contribution in [3.63, 3.8) is 0 Å². The van der Waals surface area contributed by atoms with Gasteiger partial charge >= 0.3 is 11.9 Å². The molecule has 0 aliphatic carbocycles. The maximum atomic E-state index is 12.9. The van der Waals surface area contributed by atoms with Gasteiger partial charge in [-0.15, -0.1) is 0 Å². The molecule has 0 N–H and O–H groups in total. The van der Waals surface area contributed by atoms with Crippen LogP contribution in [0.1, 0.15) is 316 Å². The highest BCUT2D eigenvalue weighted by atomic mass is 16.7. The topological polar surface area (TPSA) is 111 Å². The van der Waals surface area contributed by atoms with Crippen LogP contribution in [0.4, 0.5) is 0 Å². The molecule has 0 saturated carbocycles. The van der Waals surface area contributed by atoms with Gasteiger partial charge in [0, 0.05) is 12.8 Å². The third kappa shape index (κ3) is 54.1. The van der Waals surface area contributed by atoms with Crippen LogP contribution in [-0.4, -0.2) is 82.3 Å². The maximum absolute atomic E-state index is 12.9. The molecule has 0 saturated heterocycles. The number of hydrogen-bond donors (Lipinski definition) is 0. The van der Waals surface area contributed by atoms with Gasteiger partial charge in [0.1, 0.15) is 13.2 Å². The van der Waals surface area contributed by atoms with E-state index in [9.17, 15) is 19.5 Å². The molecular weight excluding hydrogens is 875 g/mol. The van der Waals surface area contributed by atoms with Crippen LogP contribution in [-0.2, 0) is 33.3 Å². The van der Waals surface area contributed by atoms with Crippen LogP contribution < -0.4 is 5.11 Å². The molecule has 2 atom stereocenters. The zero-order chi connectivity index (χ0) is 51.3. The number of quaternary nitrogens is 1. The summed E-state index contributed by atoms with van der Waals surface area (Å²) in [6.45, 7) is 4.81. The first-order chi connectivity index (χ1) is 34.1. The standard InChI is InChI=1S/C61H119NO8/c1-6-8-10-12-14-16-18-20-21-22-23-24-25-26-27-28-29-30-31-32-33-34-35-36-37-38-40-42-44-46-48-50-52-59(64)70-57(56-69-61(60(65)66)67-54-53-62(3,4)5)55-68-58(63)51-49-47-45-43-41-39-19-17-15-13-11-9-7-2/h57,61H,6-56H2,1-5H3. The van der Waals surface area contributed by atoms with Crippen LogP contribution in [0.15, 0.2) is 0 Å². The number of carboxylic acid groups (broad SMARTS) is 1. The van der Waals surface area contributed by atoms with Crippen molar-refractivity contribution in [2.45, 2.75) is 328 Å². The van der Waals surface area contributed by atoms with Gasteiger partial charge in [0.05, 0.1) is 40.3 Å². The second-order valence-corrected chi connectivity index (χ2v) is 22.4. The summed E-state index contributed by atoms with van der Waals surface area (Å²) in [5.74, 6) is -2.25. The predicted octanol–water partition coefficient (Wildman–Crippen LogP) is 16.6. The Morgan fingerprint density at radius 3 is 0.914 bits per heavy atom. The Labute approximate surface area is 434 Å². The third-order valence-electron chi connectivity index (χ3n) is 14.1. The van der Waals surface area contributed by atoms with Gasteiger partial charge in [-0.1, -0.05) is 290 Å². The van der Waals surface area contributed by atoms with Crippen LogP contribution in [0.2, 0.25) is 0 Å². The van der Waals surface area contributed by atoms with Gasteiger partial charge in [0.15, 0.2) is 12.4 Å². The fourth-order valence-corrected chi connectivity index (χ4v) is 9.36. The molecule has 0 aromatic rings. The number of rotatable bonds is 58. The lowest BCUT2D eigenvalue weighted by Crippen LogP contribution is -2.44. The second-order valence-electron chi connectivity index (χ2n) is 22.4. The molecular formula is C61H119NO8. The fraction of sp³-hybridized carbons (Fsp3) is 0.951. The van der Waals surface area contributed by atoms with Crippen LogP contribution in [0.3, 0.4) is 0 Å². The van der Waals surface area contributed by atoms with Gasteiger partial charge in [-0.3, -0.25) is 9.59 Å². The van der Waals surface area contributed by atoms with Gasteiger partial charge in [0.2, 0.25) is 0 Å². The average molecular weight is 995 g/mol. The number of likely N-dealkylation sites (N-methyl/N-ethyl adjacent to an activating group) is 1. The third-order valence-corrected chi connectivity index (χ3v) is 14.1. The van der Waals surface area contributed by atoms with Crippen LogP contribution in [0.5, 0.6) is 0 Å². The molecule has 0 aliphatic heterocycles. The van der Waals surface area contributed by atoms with Gasteiger partial charge in [0.25, 0.3) is 0 Å². The van der Waals surface area contributed by atoms with E-state index in [1.54, 1.807) is 0 Å². The Balaban J connectivity index is 4.00. The molecule has 0 rings (SSSR count). The summed E-state index contributed by atoms with van der Waals surface area (Å²) >= 11 is 0. The molecule has 0 spiro atoms. The largest absolute Gasteiger partial charge is 0.545 e. The minimum Gasteiger partial charge on any atom is -0.545 e. The summed E-state index contributed by atoms with van der Waals surface area (Å²) < 4.78 is 22.7. The van der Waals surface area contributed by atoms with Crippen molar-refractivity contribution in [2.24, 2.45) is 0 Å². The molecule has 0 aromatic heterocycles. The first kappa shape index (κ1) is 68.3. The highest BCUT2D eigenvalue weighted by Crippen LogP contribution is 2.18. The zero-order valence-corrected chi connectivity index (χ0v) is 47.4. The van der Waals surface area contributed by atoms with Gasteiger partial charge in [-0.2, -0.15) is 0 Å². The summed E-state index contributed by atoms with van der Waals surface area (Å²) in [6, 6.07) is 0. The number of unbranched alkanes of at least 4 members (excludes halogenated alkanes) is 43. The van der Waals surface area contributed by atoms with Crippen molar-refractivity contribution in [1.29, 1.82) is 0 Å². The lowest BCUT2D eigenvalue weighted by atomic mass is 10.0. The minimum atomic E-state index is -1.61. The molecule has 416 valence electrons. The first-order valence-electron chi connectivity index (χ1n) is 30.7. The Hall–Kier alpha value is -1.71. The summed E-state index contributed by atoms with van der Waals surface area (Å²) in [5, 5.41) is 11.8. The zero-order valence-electron chi connectivity index (χ0n) is 47.4. The number of nitrogens with zero attached hydrogens (tertiary/aromatic N) is 1. The van der Waals surface area contributed by atoms with Crippen LogP contribution in [0, 0.1) is 0 Å². The number of hydrogen-bond acceptors (Lipinski definition) is 8. The van der Waals surface area contributed by atoms with Crippen molar-refractivity contribution in [1.82, 2.24) is 0 Å². The molecule has 0 amide bonds. The van der Waals surface area contributed by atoms with E-state index in [2.05, 4.69) is 13.8 Å². The number of ether oxygens (including phenoxy) is 4. The average Bonchev–Trinajstić information content (AvgIpc) is 3.33. The van der Waals surface area contributed by atoms with Gasteiger partial charge in [-0.25, -0.2) is 0 Å². The maximum Gasteiger partial charge on any atom is 0.306 e. The number of aliphatic carboxylic acids is 1. The van der Waals surface area contributed by atoms with Crippen LogP contribution in [0.25, 0.3) is 0 Å². The Morgan fingerprint density at radius 1 is 0.371 bits per heavy atom. The van der Waals surface area contributed by atoms with Crippen molar-refractivity contribution in [3.05, 3.63) is 0 Å². The number of carbonyl (C=O) groups excluding carboxylic acids is 3. The minimum absolute atomic E-state index is 0.153. The summed E-state index contributed by atoms with van der Waals surface area (Å²) in [6.07, 6.45) is 57.5. The van der Waals surface area contributed by atoms with Crippen LogP contribution >= 0.6 is 0 Å². The van der Waals surface area contributed by atoms with E-state index >= 15 is 0 Å². The van der Waals surface area contributed by atoms with E-state index in [-0.39, 0.29) is 32.2 Å². The highest BCUT2D eigenvalue weighted by molar-refractivity contribution is 5.70. The monoisotopic (exact) mass is 994 g/mol. The van der Waals surface area contributed by atoms with Crippen molar-refractivity contribution in [3.8, 4) is 0 Å². The molecule has 0 aromatic carbocycles. The van der Waals surface area contributed by atoms with Gasteiger partial charge < -0.3 is 33.3 Å². The smallest absolute Gasteiger partial charge is 0.306 e. The number of esters is 2. The molecule has 0 heterocycles. The summed E-state index contributed by atoms with van der Waals surface area (Å²) in [5.41, 5.74) is 0. The quantitative estimate of drug-likeness (QED) is 0.0256. The first-order valence-corrected chi connectivity index (χ1v) is 30.7. The van der Waals surface area contributed by atoms with E-state index in [1.165, 1.54) is 250 Å². The van der Waals surface area contributed by atoms with E-state index in [4.69, 9.17) is 18.9 Å². The number of carboxylic acids is 1. The lowest BCUT2D eigenvalue weighted by molar-refractivity contribution is -0.870. The lowest BCUT2D eigenvalue weighted by Gasteiger charge is -2.26. The molecule has 0 fully saturated rings. The van der Waals surface area contributed by atoms with Gasteiger partial charge in [-0.05, 0) is 12.8 Å². The number of carbonyl (C=O) groups is 3. The molecule has 9 heteroatoms. The van der Waals surface area contributed by atoms with Crippen molar-refractivity contribution >= 4 is 17.9 Å². The predicted molar refractivity (Wildman–Crippen MR) is 293 cm³/mol. The molecule has 0 aliphatic rings. The second kappa shape index (κ2) is 53.6. The van der Waals surface area contributed by atoms with E-state index < -0.39 is 24.3 Å². The van der Waals surface area contributed by atoms with Crippen molar-refractivity contribution < 1.29 is 42.9 Å². The summed E-state index contributed by atoms with van der Waals surface area (Å²) in [7, 11) is 5.93. The summed E-state index contributed by atoms with van der Waals surface area (Å²) in [4.78, 5) is 37.2. The fourth-order valence-electron chi connectivity index (χ4n) is 9.36. The molecule has 2 unspecified atom stereocenters. The highest BCUT2D eigenvalue weighted by Gasteiger charge is 2.22. The Bertz CT molecular complexity index is 1110. The molecule has 70 heavy (non-hydrogen) atoms. The van der Waals surface area contributed by atoms with E-state index in [1.807, 2.05) is 21.1 Å². The Morgan fingerprint density at radius 2 is 0.643 bits per heavy atom. The van der Waals surface area contributed by atoms with E-state index in [0.717, 1.165) is 38.5 Å². The van der Waals surface area contributed by atoms with Crippen molar-refractivity contribution in [2.75, 3.05) is 47.5 Å². The molecule has 0 bridgehead atoms. The normalized spacial score (nSPS) is 12.6. The van der Waals surface area contributed by atoms with E-state index in [0.29, 0.717) is 17.4 Å². The Kier molecular flexibility index (Phi) is 52.3. The molecule has 0 radical (unpaired) electrons.